The number of anilines is 1. The van der Waals surface area contributed by atoms with Crippen LogP contribution in [0.15, 0.2) is 30.6 Å². The number of sulfonamides is 1. The number of hydrogen-bond donors (Lipinski definition) is 1. The van der Waals surface area contributed by atoms with Crippen molar-refractivity contribution < 1.29 is 22.6 Å². The molecule has 13 heteroatoms. The zero-order valence-electron chi connectivity index (χ0n) is 21.1. The summed E-state index contributed by atoms with van der Waals surface area (Å²) in [6.07, 6.45) is 3.27. The molecule has 0 bridgehead atoms. The molecule has 2 aromatic heterocycles. The summed E-state index contributed by atoms with van der Waals surface area (Å²) in [5.74, 6) is 1.20. The number of benzene rings is 1. The van der Waals surface area contributed by atoms with Crippen molar-refractivity contribution in [2.45, 2.75) is 51.4 Å². The molecule has 0 radical (unpaired) electrons. The van der Waals surface area contributed by atoms with Gasteiger partial charge < -0.3 is 14.2 Å². The van der Waals surface area contributed by atoms with E-state index in [9.17, 15) is 8.42 Å². The molecule has 36 heavy (non-hydrogen) atoms. The van der Waals surface area contributed by atoms with Gasteiger partial charge in [-0.15, -0.1) is 10.2 Å². The Kier molecular flexibility index (Phi) is 9.09. The molecule has 0 aliphatic carbocycles. The fourth-order valence-electron chi connectivity index (χ4n) is 3.47. The lowest BCUT2D eigenvalue weighted by Crippen LogP contribution is -2.31. The highest BCUT2D eigenvalue weighted by Gasteiger charge is 2.32. The Bertz CT molecular complexity index is 1240. The van der Waals surface area contributed by atoms with Crippen molar-refractivity contribution in [3.8, 4) is 17.2 Å². The first-order valence-electron chi connectivity index (χ1n) is 11.3. The van der Waals surface area contributed by atoms with Gasteiger partial charge >= 0.3 is 0 Å². The van der Waals surface area contributed by atoms with Gasteiger partial charge in [0.15, 0.2) is 0 Å². The Balaban J connectivity index is 2.02. The Hall–Kier alpha value is -2.96. The van der Waals surface area contributed by atoms with Crippen LogP contribution in [0.25, 0.3) is 5.69 Å². The standard InChI is InChI=1S/C23H31ClN6O5S/c1-14(2)35-11-10-20-27-28-23(30(20)21-18(33-5)8-7-9-19(21)34-6)29-36(31,32)16(4)15(3)22-25-12-17(24)13-26-22/h7-9,12-16H,10-11H2,1-6H3,(H,28,29)/t15-,16-/m0/s1. The largest absolute Gasteiger partial charge is 0.494 e. The molecule has 0 fully saturated rings. The molecule has 3 aromatic rings. The summed E-state index contributed by atoms with van der Waals surface area (Å²) in [6.45, 7) is 7.53. The van der Waals surface area contributed by atoms with E-state index in [0.717, 1.165) is 0 Å². The molecular weight excluding hydrogens is 508 g/mol. The third-order valence-electron chi connectivity index (χ3n) is 5.61. The maximum Gasteiger partial charge on any atom is 0.243 e. The van der Waals surface area contributed by atoms with Gasteiger partial charge in [-0.05, 0) is 32.9 Å². The highest BCUT2D eigenvalue weighted by Crippen LogP contribution is 2.36. The Labute approximate surface area is 216 Å². The van der Waals surface area contributed by atoms with Gasteiger partial charge in [0.05, 0.1) is 37.2 Å². The van der Waals surface area contributed by atoms with Gasteiger partial charge in [0, 0.05) is 24.7 Å². The van der Waals surface area contributed by atoms with Gasteiger partial charge in [0.25, 0.3) is 0 Å². The molecular formula is C23H31ClN6O5S. The van der Waals surface area contributed by atoms with Gasteiger partial charge in [-0.3, -0.25) is 9.29 Å². The summed E-state index contributed by atoms with van der Waals surface area (Å²) in [4.78, 5) is 8.33. The van der Waals surface area contributed by atoms with Crippen LogP contribution in [0.1, 0.15) is 45.3 Å². The van der Waals surface area contributed by atoms with E-state index in [-0.39, 0.29) is 12.1 Å². The molecule has 11 nitrogen and oxygen atoms in total. The van der Waals surface area contributed by atoms with Crippen LogP contribution in [0.4, 0.5) is 5.95 Å². The van der Waals surface area contributed by atoms with Gasteiger partial charge in [-0.25, -0.2) is 18.4 Å². The maximum absolute atomic E-state index is 13.4. The molecule has 2 atom stereocenters. The first-order valence-corrected chi connectivity index (χ1v) is 13.3. The predicted molar refractivity (Wildman–Crippen MR) is 137 cm³/mol. The lowest BCUT2D eigenvalue weighted by Gasteiger charge is -2.21. The van der Waals surface area contributed by atoms with E-state index >= 15 is 0 Å². The highest BCUT2D eigenvalue weighted by atomic mass is 35.5. The second kappa shape index (κ2) is 11.8. The molecule has 0 saturated carbocycles. The molecule has 0 saturated heterocycles. The maximum atomic E-state index is 13.4. The van der Waals surface area contributed by atoms with Crippen LogP contribution < -0.4 is 14.2 Å². The number of para-hydroxylation sites is 1. The van der Waals surface area contributed by atoms with Crippen molar-refractivity contribution in [3.63, 3.8) is 0 Å². The van der Waals surface area contributed by atoms with Crippen LogP contribution in [-0.2, 0) is 21.2 Å². The molecule has 0 aliphatic heterocycles. The number of methoxy groups -OCH3 is 2. The Morgan fingerprint density at radius 1 is 1.03 bits per heavy atom. The Morgan fingerprint density at radius 3 is 2.19 bits per heavy atom. The monoisotopic (exact) mass is 538 g/mol. The van der Waals surface area contributed by atoms with Crippen LogP contribution in [0, 0.1) is 0 Å². The number of nitrogens with zero attached hydrogens (tertiary/aromatic N) is 5. The fraction of sp³-hybridized carbons (Fsp3) is 0.478. The minimum atomic E-state index is -3.96. The molecule has 0 spiro atoms. The van der Waals surface area contributed by atoms with Gasteiger partial charge in [0.2, 0.25) is 16.0 Å². The number of nitrogens with one attached hydrogen (secondary N) is 1. The highest BCUT2D eigenvalue weighted by molar-refractivity contribution is 7.93. The van der Waals surface area contributed by atoms with Crippen LogP contribution in [-0.4, -0.2) is 65.3 Å². The summed E-state index contributed by atoms with van der Waals surface area (Å²) in [7, 11) is -0.925. The van der Waals surface area contributed by atoms with Crippen molar-refractivity contribution in [1.82, 2.24) is 24.7 Å². The van der Waals surface area contributed by atoms with E-state index in [1.165, 1.54) is 26.6 Å². The lowest BCUT2D eigenvalue weighted by molar-refractivity contribution is 0.0802. The minimum absolute atomic E-state index is 0.00609. The van der Waals surface area contributed by atoms with Crippen LogP contribution in [0.2, 0.25) is 5.02 Å². The molecule has 196 valence electrons. The molecule has 0 unspecified atom stereocenters. The normalized spacial score (nSPS) is 13.4. The zero-order chi connectivity index (χ0) is 26.5. The van der Waals surface area contributed by atoms with Gasteiger partial charge in [0.1, 0.15) is 28.8 Å². The molecule has 1 aromatic carbocycles. The van der Waals surface area contributed by atoms with Gasteiger partial charge in [-0.2, -0.15) is 0 Å². The number of halogens is 1. The van der Waals surface area contributed by atoms with Crippen molar-refractivity contribution in [3.05, 3.63) is 47.3 Å². The number of ether oxygens (including phenoxy) is 3. The second-order valence-electron chi connectivity index (χ2n) is 8.36. The summed E-state index contributed by atoms with van der Waals surface area (Å²) >= 11 is 5.87. The molecule has 0 aliphatic rings. The number of hydrogen-bond acceptors (Lipinski definition) is 9. The first kappa shape index (κ1) is 27.6. The molecule has 1 N–H and O–H groups in total. The van der Waals surface area contributed by atoms with Crippen molar-refractivity contribution >= 4 is 27.6 Å². The van der Waals surface area contributed by atoms with Crippen molar-refractivity contribution in [2.24, 2.45) is 0 Å². The summed E-state index contributed by atoms with van der Waals surface area (Å²) < 4.78 is 47.8. The minimum Gasteiger partial charge on any atom is -0.494 e. The van der Waals surface area contributed by atoms with Gasteiger partial charge in [-0.1, -0.05) is 24.6 Å². The van der Waals surface area contributed by atoms with E-state index in [1.54, 1.807) is 36.6 Å². The molecule has 0 amide bonds. The van der Waals surface area contributed by atoms with E-state index in [2.05, 4.69) is 24.9 Å². The third kappa shape index (κ3) is 6.23. The van der Waals surface area contributed by atoms with Crippen LogP contribution >= 0.6 is 11.6 Å². The van der Waals surface area contributed by atoms with E-state index in [4.69, 9.17) is 25.8 Å². The zero-order valence-corrected chi connectivity index (χ0v) is 22.7. The van der Waals surface area contributed by atoms with Crippen LogP contribution in [0.5, 0.6) is 11.5 Å². The van der Waals surface area contributed by atoms with Crippen molar-refractivity contribution in [2.75, 3.05) is 25.5 Å². The topological polar surface area (TPSA) is 130 Å². The third-order valence-corrected chi connectivity index (χ3v) is 7.66. The van der Waals surface area contributed by atoms with E-state index < -0.39 is 21.2 Å². The average Bonchev–Trinajstić information content (AvgIpc) is 3.23. The smallest absolute Gasteiger partial charge is 0.243 e. The fourth-order valence-corrected chi connectivity index (χ4v) is 4.80. The summed E-state index contributed by atoms with van der Waals surface area (Å²) in [6, 6.07) is 5.26. The van der Waals surface area contributed by atoms with Crippen molar-refractivity contribution in [1.29, 1.82) is 0 Å². The molecule has 2 heterocycles. The average molecular weight is 539 g/mol. The second-order valence-corrected chi connectivity index (χ2v) is 10.8. The van der Waals surface area contributed by atoms with E-state index in [1.807, 2.05) is 13.8 Å². The lowest BCUT2D eigenvalue weighted by atomic mass is 10.1. The first-order chi connectivity index (χ1) is 17.1. The summed E-state index contributed by atoms with van der Waals surface area (Å²) in [5.41, 5.74) is 0.464. The van der Waals surface area contributed by atoms with Crippen LogP contribution in [0.3, 0.4) is 0 Å². The Morgan fingerprint density at radius 2 is 1.64 bits per heavy atom. The van der Waals surface area contributed by atoms with E-state index in [0.29, 0.717) is 46.9 Å². The number of rotatable bonds is 12. The molecule has 3 rings (SSSR count). The number of aromatic nitrogens is 5. The predicted octanol–water partition coefficient (Wildman–Crippen LogP) is 3.63. The SMILES string of the molecule is COc1cccc(OC)c1-n1c(CCOC(C)C)nnc1NS(=O)(=O)[C@@H](C)[C@H](C)c1ncc(Cl)cn1. The summed E-state index contributed by atoms with van der Waals surface area (Å²) in [5, 5.41) is 7.87. The quantitative estimate of drug-likeness (QED) is 0.367.